The van der Waals surface area contributed by atoms with Gasteiger partial charge in [-0.15, -0.1) is 0 Å². The van der Waals surface area contributed by atoms with E-state index < -0.39 is 0 Å². The number of aldehydes is 1. The molecule has 0 amide bonds. The van der Waals surface area contributed by atoms with Crippen molar-refractivity contribution in [2.24, 2.45) is 0 Å². The number of pyridine rings is 1. The van der Waals surface area contributed by atoms with Crippen molar-refractivity contribution in [2.75, 3.05) is 0 Å². The van der Waals surface area contributed by atoms with E-state index >= 15 is 0 Å². The summed E-state index contributed by atoms with van der Waals surface area (Å²) >= 11 is 0. The zero-order chi connectivity index (χ0) is 13.1. The highest BCUT2D eigenvalue weighted by Gasteiger charge is 2.13. The highest BCUT2D eigenvalue weighted by Crippen LogP contribution is 2.24. The Morgan fingerprint density at radius 2 is 1.79 bits per heavy atom. The lowest BCUT2D eigenvalue weighted by Gasteiger charge is -2.07. The third-order valence-corrected chi connectivity index (χ3v) is 2.84. The maximum Gasteiger partial charge on any atom is 0.153 e. The first-order valence-corrected chi connectivity index (χ1v) is 5.90. The van der Waals surface area contributed by atoms with Crippen molar-refractivity contribution < 1.29 is 4.79 Å². The van der Waals surface area contributed by atoms with Crippen molar-refractivity contribution >= 4 is 6.29 Å². The van der Waals surface area contributed by atoms with Crippen LogP contribution in [0.4, 0.5) is 0 Å². The van der Waals surface area contributed by atoms with Crippen molar-refractivity contribution in [3.8, 4) is 17.1 Å². The van der Waals surface area contributed by atoms with Crippen LogP contribution >= 0.6 is 0 Å². The molecule has 0 spiro atoms. The lowest BCUT2D eigenvalue weighted by atomic mass is 10.1. The molecule has 0 atom stereocenters. The summed E-state index contributed by atoms with van der Waals surface area (Å²) in [7, 11) is 0. The molecule has 0 aliphatic rings. The normalized spacial score (nSPS) is 10.3. The van der Waals surface area contributed by atoms with E-state index in [2.05, 4.69) is 10.1 Å². The van der Waals surface area contributed by atoms with Crippen molar-refractivity contribution in [3.05, 3.63) is 66.5 Å². The molecule has 92 valence electrons. The van der Waals surface area contributed by atoms with Gasteiger partial charge < -0.3 is 0 Å². The maximum atomic E-state index is 11.2. The van der Waals surface area contributed by atoms with Gasteiger partial charge in [0.05, 0.1) is 17.5 Å². The first-order valence-electron chi connectivity index (χ1n) is 5.90. The van der Waals surface area contributed by atoms with Crippen molar-refractivity contribution in [3.63, 3.8) is 0 Å². The number of aromatic nitrogens is 3. The molecule has 19 heavy (non-hydrogen) atoms. The summed E-state index contributed by atoms with van der Waals surface area (Å²) in [6.45, 7) is 0. The molecule has 0 aliphatic carbocycles. The van der Waals surface area contributed by atoms with E-state index in [1.54, 1.807) is 17.1 Å². The molecule has 3 aromatic rings. The summed E-state index contributed by atoms with van der Waals surface area (Å²) in [5.74, 6) is 0.689. The SMILES string of the molecule is O=Cc1cnn(-c2ccccn2)c1-c1ccccc1. The second kappa shape index (κ2) is 4.86. The van der Waals surface area contributed by atoms with E-state index in [4.69, 9.17) is 0 Å². The molecule has 0 aliphatic heterocycles. The second-order valence-corrected chi connectivity index (χ2v) is 4.03. The topological polar surface area (TPSA) is 47.8 Å². The molecule has 0 fully saturated rings. The molecule has 1 aromatic carbocycles. The fraction of sp³-hybridized carbons (Fsp3) is 0. The molecule has 2 aromatic heterocycles. The first-order chi connectivity index (χ1) is 9.40. The first kappa shape index (κ1) is 11.3. The molecule has 4 nitrogen and oxygen atoms in total. The van der Waals surface area contributed by atoms with Gasteiger partial charge in [0.1, 0.15) is 0 Å². The van der Waals surface area contributed by atoms with Crippen LogP contribution in [-0.4, -0.2) is 21.1 Å². The van der Waals surface area contributed by atoms with Gasteiger partial charge in [0, 0.05) is 11.8 Å². The third-order valence-electron chi connectivity index (χ3n) is 2.84. The molecular formula is C15H11N3O. The Morgan fingerprint density at radius 1 is 1.00 bits per heavy atom. The number of nitrogens with zero attached hydrogens (tertiary/aromatic N) is 3. The van der Waals surface area contributed by atoms with Crippen molar-refractivity contribution in [1.29, 1.82) is 0 Å². The largest absolute Gasteiger partial charge is 0.298 e. The molecular weight excluding hydrogens is 238 g/mol. The van der Waals surface area contributed by atoms with E-state index in [1.807, 2.05) is 48.5 Å². The summed E-state index contributed by atoms with van der Waals surface area (Å²) in [4.78, 5) is 15.4. The summed E-state index contributed by atoms with van der Waals surface area (Å²) in [6, 6.07) is 15.3. The van der Waals surface area contributed by atoms with Crippen LogP contribution in [0.5, 0.6) is 0 Å². The average molecular weight is 249 g/mol. The molecule has 2 heterocycles. The van der Waals surface area contributed by atoms with Gasteiger partial charge in [-0.3, -0.25) is 4.79 Å². The van der Waals surface area contributed by atoms with E-state index in [-0.39, 0.29) is 0 Å². The number of carbonyl (C=O) groups excluding carboxylic acids is 1. The van der Waals surface area contributed by atoms with Crippen LogP contribution in [0.2, 0.25) is 0 Å². The quantitative estimate of drug-likeness (QED) is 0.670. The summed E-state index contributed by atoms with van der Waals surface area (Å²) in [6.07, 6.45) is 4.07. The number of hydrogen-bond donors (Lipinski definition) is 0. The number of hydrogen-bond acceptors (Lipinski definition) is 3. The summed E-state index contributed by atoms with van der Waals surface area (Å²) < 4.78 is 1.68. The number of carbonyl (C=O) groups is 1. The monoisotopic (exact) mass is 249 g/mol. The van der Waals surface area contributed by atoms with E-state index in [1.165, 1.54) is 0 Å². The highest BCUT2D eigenvalue weighted by atomic mass is 16.1. The fourth-order valence-electron chi connectivity index (χ4n) is 1.99. The van der Waals surface area contributed by atoms with Crippen molar-refractivity contribution in [2.45, 2.75) is 0 Å². The van der Waals surface area contributed by atoms with Crippen LogP contribution in [0.3, 0.4) is 0 Å². The van der Waals surface area contributed by atoms with Gasteiger partial charge in [-0.2, -0.15) is 5.10 Å². The lowest BCUT2D eigenvalue weighted by molar-refractivity contribution is 0.112. The van der Waals surface area contributed by atoms with Crippen LogP contribution < -0.4 is 0 Å². The van der Waals surface area contributed by atoms with Gasteiger partial charge in [-0.05, 0) is 12.1 Å². The van der Waals surface area contributed by atoms with E-state index in [0.717, 1.165) is 17.5 Å². The average Bonchev–Trinajstić information content (AvgIpc) is 2.93. The predicted octanol–water partition coefficient (Wildman–Crippen LogP) is 2.75. The Kier molecular flexibility index (Phi) is 2.90. The second-order valence-electron chi connectivity index (χ2n) is 4.03. The van der Waals surface area contributed by atoms with Crippen LogP contribution in [0, 0.1) is 0 Å². The van der Waals surface area contributed by atoms with E-state index in [9.17, 15) is 4.79 Å². The maximum absolute atomic E-state index is 11.2. The fourth-order valence-corrected chi connectivity index (χ4v) is 1.99. The Bertz CT molecular complexity index is 690. The summed E-state index contributed by atoms with van der Waals surface area (Å²) in [5.41, 5.74) is 2.25. The zero-order valence-electron chi connectivity index (χ0n) is 10.1. The Hall–Kier alpha value is -2.75. The minimum atomic E-state index is 0.553. The Morgan fingerprint density at radius 3 is 2.47 bits per heavy atom. The molecule has 4 heteroatoms. The number of rotatable bonds is 3. The van der Waals surface area contributed by atoms with E-state index in [0.29, 0.717) is 11.4 Å². The predicted molar refractivity (Wildman–Crippen MR) is 72.2 cm³/mol. The number of benzene rings is 1. The highest BCUT2D eigenvalue weighted by molar-refractivity contribution is 5.86. The molecule has 3 rings (SSSR count). The molecule has 0 saturated carbocycles. The standard InChI is InChI=1S/C15H11N3O/c19-11-13-10-17-18(14-8-4-5-9-16-14)15(13)12-6-2-1-3-7-12/h1-11H. The van der Waals surface area contributed by atoms with Gasteiger partial charge >= 0.3 is 0 Å². The van der Waals surface area contributed by atoms with Crippen LogP contribution in [0.1, 0.15) is 10.4 Å². The van der Waals surface area contributed by atoms with Crippen LogP contribution in [0.15, 0.2) is 60.9 Å². The lowest BCUT2D eigenvalue weighted by Crippen LogP contribution is -2.01. The van der Waals surface area contributed by atoms with Gasteiger partial charge in [-0.25, -0.2) is 9.67 Å². The molecule has 0 unspecified atom stereocenters. The Balaban J connectivity index is 2.23. The summed E-state index contributed by atoms with van der Waals surface area (Å²) in [5, 5.41) is 4.26. The molecule has 0 N–H and O–H groups in total. The minimum absolute atomic E-state index is 0.553. The Labute approximate surface area is 110 Å². The van der Waals surface area contributed by atoms with Gasteiger partial charge in [0.25, 0.3) is 0 Å². The smallest absolute Gasteiger partial charge is 0.153 e. The third kappa shape index (κ3) is 2.04. The zero-order valence-corrected chi connectivity index (χ0v) is 10.1. The van der Waals surface area contributed by atoms with Crippen molar-refractivity contribution in [1.82, 2.24) is 14.8 Å². The van der Waals surface area contributed by atoms with Gasteiger partial charge in [0.15, 0.2) is 12.1 Å². The minimum Gasteiger partial charge on any atom is -0.298 e. The molecule has 0 bridgehead atoms. The van der Waals surface area contributed by atoms with Crippen LogP contribution in [-0.2, 0) is 0 Å². The van der Waals surface area contributed by atoms with Gasteiger partial charge in [0.2, 0.25) is 0 Å². The van der Waals surface area contributed by atoms with Crippen LogP contribution in [0.25, 0.3) is 17.1 Å². The molecule has 0 saturated heterocycles. The molecule has 0 radical (unpaired) electrons. The van der Waals surface area contributed by atoms with Gasteiger partial charge in [-0.1, -0.05) is 36.4 Å².